The molecule has 1 fully saturated rings. The van der Waals surface area contributed by atoms with E-state index in [2.05, 4.69) is 63.0 Å². The highest BCUT2D eigenvalue weighted by Crippen LogP contribution is 2.47. The predicted molar refractivity (Wildman–Crippen MR) is 89.2 cm³/mol. The first-order valence-corrected chi connectivity index (χ1v) is 8.09. The lowest BCUT2D eigenvalue weighted by atomic mass is 9.96. The largest absolute Gasteiger partial charge is 0.357 e. The van der Waals surface area contributed by atoms with Gasteiger partial charge in [-0.1, -0.05) is 35.5 Å². The minimum absolute atomic E-state index is 0.250. The molecule has 0 unspecified atom stereocenters. The Labute approximate surface area is 136 Å². The second-order valence-electron chi connectivity index (χ2n) is 5.92. The number of guanidine groups is 1. The minimum Gasteiger partial charge on any atom is -0.357 e. The highest BCUT2D eigenvalue weighted by molar-refractivity contribution is 5.79. The van der Waals surface area contributed by atoms with Crippen molar-refractivity contribution in [2.75, 3.05) is 13.1 Å². The third-order valence-corrected chi connectivity index (χ3v) is 4.13. The van der Waals surface area contributed by atoms with Gasteiger partial charge in [-0.15, -0.1) is 0 Å². The summed E-state index contributed by atoms with van der Waals surface area (Å²) in [5, 5.41) is 10.6. The number of benzene rings is 1. The lowest BCUT2D eigenvalue weighted by molar-refractivity contribution is 0.387. The van der Waals surface area contributed by atoms with E-state index in [-0.39, 0.29) is 5.41 Å². The summed E-state index contributed by atoms with van der Waals surface area (Å²) in [6, 6.07) is 10.7. The zero-order chi connectivity index (χ0) is 16.1. The zero-order valence-corrected chi connectivity index (χ0v) is 13.7. The van der Waals surface area contributed by atoms with Crippen molar-refractivity contribution in [2.24, 2.45) is 4.99 Å². The van der Waals surface area contributed by atoms with Gasteiger partial charge in [-0.05, 0) is 25.3 Å². The summed E-state index contributed by atoms with van der Waals surface area (Å²) in [6.45, 7) is 5.94. The fourth-order valence-electron chi connectivity index (χ4n) is 2.66. The maximum Gasteiger partial charge on any atom is 0.223 e. The van der Waals surface area contributed by atoms with Gasteiger partial charge in [0.15, 0.2) is 11.8 Å². The lowest BCUT2D eigenvalue weighted by Gasteiger charge is -2.18. The number of hydrogen-bond donors (Lipinski definition) is 2. The molecule has 0 spiro atoms. The normalized spacial score (nSPS) is 16.2. The van der Waals surface area contributed by atoms with Crippen LogP contribution in [0, 0.1) is 6.92 Å². The first kappa shape index (κ1) is 15.5. The molecule has 1 heterocycles. The Morgan fingerprint density at radius 2 is 2.04 bits per heavy atom. The molecule has 0 radical (unpaired) electrons. The fraction of sp³-hybridized carbons (Fsp3) is 0.471. The van der Waals surface area contributed by atoms with Gasteiger partial charge in [0.2, 0.25) is 5.89 Å². The van der Waals surface area contributed by atoms with Crippen LogP contribution in [0.2, 0.25) is 0 Å². The maximum absolute atomic E-state index is 4.97. The molecule has 1 aromatic carbocycles. The van der Waals surface area contributed by atoms with Crippen LogP contribution in [0.4, 0.5) is 0 Å². The average molecular weight is 313 g/mol. The number of hydrogen-bond acceptors (Lipinski definition) is 4. The first-order valence-electron chi connectivity index (χ1n) is 8.09. The van der Waals surface area contributed by atoms with Crippen molar-refractivity contribution in [1.82, 2.24) is 20.8 Å². The van der Waals surface area contributed by atoms with Crippen LogP contribution >= 0.6 is 0 Å². The van der Waals surface area contributed by atoms with Crippen molar-refractivity contribution >= 4 is 5.96 Å². The summed E-state index contributed by atoms with van der Waals surface area (Å²) in [4.78, 5) is 8.70. The number of rotatable bonds is 6. The monoisotopic (exact) mass is 313 g/mol. The second-order valence-corrected chi connectivity index (χ2v) is 5.92. The van der Waals surface area contributed by atoms with Crippen molar-refractivity contribution < 1.29 is 4.52 Å². The van der Waals surface area contributed by atoms with E-state index in [0.29, 0.717) is 18.3 Å². The third-order valence-electron chi connectivity index (χ3n) is 4.13. The number of aryl methyl sites for hydroxylation is 1. The molecule has 6 nitrogen and oxygen atoms in total. The van der Waals surface area contributed by atoms with Crippen molar-refractivity contribution in [2.45, 2.75) is 38.6 Å². The molecule has 23 heavy (non-hydrogen) atoms. The van der Waals surface area contributed by atoms with Crippen molar-refractivity contribution in [1.29, 1.82) is 0 Å². The number of aromatic nitrogens is 2. The van der Waals surface area contributed by atoms with E-state index in [9.17, 15) is 0 Å². The van der Waals surface area contributed by atoms with Gasteiger partial charge in [0.05, 0.1) is 0 Å². The zero-order valence-electron chi connectivity index (χ0n) is 13.7. The summed E-state index contributed by atoms with van der Waals surface area (Å²) >= 11 is 0. The molecule has 0 aliphatic heterocycles. The standard InChI is InChI=1S/C17H23N5O/c1-3-18-16(19-11-15-21-13(2)23-22-15)20-12-17(9-10-17)14-7-5-4-6-8-14/h4-8H,3,9-12H2,1-2H3,(H2,18,19,20). The third kappa shape index (κ3) is 3.88. The molecule has 0 atom stereocenters. The smallest absolute Gasteiger partial charge is 0.223 e. The highest BCUT2D eigenvalue weighted by atomic mass is 16.5. The molecule has 2 N–H and O–H groups in total. The Hall–Kier alpha value is -2.37. The van der Waals surface area contributed by atoms with Crippen molar-refractivity contribution in [3.8, 4) is 0 Å². The molecule has 0 amide bonds. The number of aliphatic imine (C=N–C) groups is 1. The Morgan fingerprint density at radius 1 is 1.26 bits per heavy atom. The van der Waals surface area contributed by atoms with Crippen molar-refractivity contribution in [3.63, 3.8) is 0 Å². The summed E-state index contributed by atoms with van der Waals surface area (Å²) in [5.74, 6) is 1.95. The molecule has 3 rings (SSSR count). The van der Waals surface area contributed by atoms with Crippen LogP contribution in [0.5, 0.6) is 0 Å². The summed E-state index contributed by atoms with van der Waals surface area (Å²) in [5.41, 5.74) is 1.65. The molecule has 122 valence electrons. The number of nitrogens with one attached hydrogen (secondary N) is 2. The highest BCUT2D eigenvalue weighted by Gasteiger charge is 2.43. The summed E-state index contributed by atoms with van der Waals surface area (Å²) in [7, 11) is 0. The molecule has 6 heteroatoms. The van der Waals surface area contributed by atoms with E-state index in [4.69, 9.17) is 4.52 Å². The number of nitrogens with zero attached hydrogens (tertiary/aromatic N) is 3. The van der Waals surface area contributed by atoms with E-state index in [0.717, 1.165) is 19.0 Å². The molecule has 1 saturated carbocycles. The van der Waals surface area contributed by atoms with Gasteiger partial charge >= 0.3 is 0 Å². The molecular weight excluding hydrogens is 290 g/mol. The maximum atomic E-state index is 4.97. The van der Waals surface area contributed by atoms with Crippen LogP contribution < -0.4 is 10.6 Å². The molecule has 2 aromatic rings. The van der Waals surface area contributed by atoms with Gasteiger partial charge in [0, 0.05) is 25.4 Å². The van der Waals surface area contributed by atoms with Gasteiger partial charge in [-0.3, -0.25) is 0 Å². The van der Waals surface area contributed by atoms with Crippen LogP contribution in [0.25, 0.3) is 0 Å². The van der Waals surface area contributed by atoms with Crippen LogP contribution in [0.3, 0.4) is 0 Å². The second kappa shape index (κ2) is 6.81. The van der Waals surface area contributed by atoms with E-state index >= 15 is 0 Å². The molecule has 1 aromatic heterocycles. The van der Waals surface area contributed by atoms with Crippen LogP contribution in [-0.4, -0.2) is 29.2 Å². The topological polar surface area (TPSA) is 75.3 Å². The SMILES string of the molecule is CCNC(=NCc1noc(C)n1)NCC1(c2ccccc2)CC1. The molecule has 1 aliphatic rings. The van der Waals surface area contributed by atoms with Crippen LogP contribution in [0.1, 0.15) is 37.0 Å². The van der Waals surface area contributed by atoms with Gasteiger partial charge in [-0.2, -0.15) is 4.98 Å². The molecule has 0 saturated heterocycles. The Balaban J connectivity index is 1.61. The van der Waals surface area contributed by atoms with Gasteiger partial charge in [0.1, 0.15) is 6.54 Å². The van der Waals surface area contributed by atoms with E-state index in [1.54, 1.807) is 6.92 Å². The molecule has 0 bridgehead atoms. The van der Waals surface area contributed by atoms with Crippen molar-refractivity contribution in [3.05, 3.63) is 47.6 Å². The summed E-state index contributed by atoms with van der Waals surface area (Å²) < 4.78 is 4.97. The Kier molecular flexibility index (Phi) is 4.60. The Morgan fingerprint density at radius 3 is 2.65 bits per heavy atom. The first-order chi connectivity index (χ1) is 11.2. The molecular formula is C17H23N5O. The average Bonchev–Trinajstić information content (AvgIpc) is 3.26. The van der Waals surface area contributed by atoms with Crippen LogP contribution in [0.15, 0.2) is 39.8 Å². The predicted octanol–water partition coefficient (Wildman–Crippen LogP) is 2.16. The van der Waals surface area contributed by atoms with E-state index in [1.165, 1.54) is 18.4 Å². The van der Waals surface area contributed by atoms with E-state index < -0.39 is 0 Å². The van der Waals surface area contributed by atoms with E-state index in [1.807, 2.05) is 0 Å². The molecule has 1 aliphatic carbocycles. The minimum atomic E-state index is 0.250. The lowest BCUT2D eigenvalue weighted by Crippen LogP contribution is -2.41. The Bertz CT molecular complexity index is 661. The van der Waals surface area contributed by atoms with Gasteiger partial charge < -0.3 is 15.2 Å². The quantitative estimate of drug-likeness (QED) is 0.631. The van der Waals surface area contributed by atoms with Crippen LogP contribution in [-0.2, 0) is 12.0 Å². The van der Waals surface area contributed by atoms with Gasteiger partial charge in [0.25, 0.3) is 0 Å². The van der Waals surface area contributed by atoms with Gasteiger partial charge in [-0.25, -0.2) is 4.99 Å². The fourth-order valence-corrected chi connectivity index (χ4v) is 2.66. The summed E-state index contributed by atoms with van der Waals surface area (Å²) in [6.07, 6.45) is 2.43.